The van der Waals surface area contributed by atoms with Crippen molar-refractivity contribution in [2.24, 2.45) is 5.41 Å². The van der Waals surface area contributed by atoms with Gasteiger partial charge < -0.3 is 35.0 Å². The number of aromatic nitrogens is 2. The Morgan fingerprint density at radius 2 is 2.02 bits per heavy atom. The second-order valence-electron chi connectivity index (χ2n) is 13.0. The largest absolute Gasteiger partial charge is 0.446 e. The number of piperidine rings is 2. The van der Waals surface area contributed by atoms with E-state index >= 15 is 0 Å². The molecule has 9 heteroatoms. The molecule has 3 saturated heterocycles. The smallest absolute Gasteiger partial charge is 0.238 e. The summed E-state index contributed by atoms with van der Waals surface area (Å²) < 4.78 is 11.8. The lowest BCUT2D eigenvalue weighted by Gasteiger charge is -2.45. The minimum absolute atomic E-state index is 0.0944. The van der Waals surface area contributed by atoms with Gasteiger partial charge in [-0.2, -0.15) is 0 Å². The van der Waals surface area contributed by atoms with Crippen molar-refractivity contribution in [3.8, 4) is 5.88 Å². The van der Waals surface area contributed by atoms with Crippen LogP contribution < -0.4 is 10.1 Å². The molecule has 9 nitrogen and oxygen atoms in total. The normalized spacial score (nSPS) is 26.8. The van der Waals surface area contributed by atoms with Crippen LogP contribution in [-0.4, -0.2) is 94.3 Å². The third-order valence-corrected chi connectivity index (χ3v) is 9.46. The topological polar surface area (TPSA) is 123 Å². The number of aromatic amines is 1. The van der Waals surface area contributed by atoms with Gasteiger partial charge >= 0.3 is 0 Å². The molecular weight excluding hydrogens is 532 g/mol. The monoisotopic (exact) mass is 582 g/mol. The molecule has 0 bridgehead atoms. The van der Waals surface area contributed by atoms with Gasteiger partial charge in [-0.3, -0.25) is 5.10 Å². The van der Waals surface area contributed by atoms with Crippen LogP contribution in [0, 0.1) is 12.3 Å². The van der Waals surface area contributed by atoms with E-state index < -0.39 is 31.2 Å². The molecule has 0 aliphatic carbocycles. The third kappa shape index (κ3) is 7.44. The number of rotatable bonds is 10. The summed E-state index contributed by atoms with van der Waals surface area (Å²) in [6.45, 7) is 11.9. The van der Waals surface area contributed by atoms with Gasteiger partial charge in [0.15, 0.2) is 0 Å². The van der Waals surface area contributed by atoms with Crippen LogP contribution in [0.2, 0.25) is 0 Å². The second-order valence-corrected chi connectivity index (χ2v) is 13.0. The maximum absolute atomic E-state index is 10.2. The number of likely N-dealkylation sites (tertiary alicyclic amines) is 1. The van der Waals surface area contributed by atoms with E-state index in [9.17, 15) is 15.3 Å². The molecule has 1 aromatic carbocycles. The van der Waals surface area contributed by atoms with Crippen LogP contribution in [0.25, 0.3) is 6.08 Å². The summed E-state index contributed by atoms with van der Waals surface area (Å²) in [4.78, 5) is 2.68. The molecule has 1 spiro atoms. The molecule has 232 valence electrons. The van der Waals surface area contributed by atoms with Gasteiger partial charge in [0, 0.05) is 37.2 Å². The van der Waals surface area contributed by atoms with Gasteiger partial charge in [-0.1, -0.05) is 44.2 Å². The van der Waals surface area contributed by atoms with Crippen LogP contribution in [0.4, 0.5) is 0 Å². The fourth-order valence-electron chi connectivity index (χ4n) is 6.93. The molecule has 5 rings (SSSR count). The highest BCUT2D eigenvalue weighted by molar-refractivity contribution is 5.52. The molecule has 2 aromatic rings. The first-order chi connectivity index (χ1) is 20.3. The first kappa shape index (κ1) is 31.2. The predicted molar refractivity (Wildman–Crippen MR) is 164 cm³/mol. The third-order valence-electron chi connectivity index (χ3n) is 9.46. The second kappa shape index (κ2) is 14.0. The molecule has 4 heterocycles. The summed E-state index contributed by atoms with van der Waals surface area (Å²) in [7, 11) is 0. The van der Waals surface area contributed by atoms with Gasteiger partial charge in [-0.15, -0.1) is 5.10 Å². The van der Waals surface area contributed by atoms with Gasteiger partial charge in [0.2, 0.25) is 12.2 Å². The number of aliphatic hydroxyl groups excluding tert-OH is 3. The zero-order valence-corrected chi connectivity index (χ0v) is 25.5. The van der Waals surface area contributed by atoms with Gasteiger partial charge in [-0.05, 0) is 86.7 Å². The molecule has 1 aromatic heterocycles. The highest BCUT2D eigenvalue weighted by Crippen LogP contribution is 2.38. The molecule has 5 N–H and O–H groups in total. The first-order valence-electron chi connectivity index (χ1n) is 15.8. The van der Waals surface area contributed by atoms with Crippen molar-refractivity contribution in [3.63, 3.8) is 0 Å². The SMILES string of the molecule is Cc1cc(/C=C/CCN2CCCC3(CCNCC3)C2)ccc1Cc1c(OC2CC(O)[C@H](O)C(CO)O2)n[nH]c1C(C)C. The van der Waals surface area contributed by atoms with Crippen molar-refractivity contribution < 1.29 is 24.8 Å². The minimum atomic E-state index is -1.15. The van der Waals surface area contributed by atoms with Crippen molar-refractivity contribution in [1.82, 2.24) is 20.4 Å². The molecular formula is C33H50N4O5. The molecule has 3 aliphatic rings. The zero-order valence-electron chi connectivity index (χ0n) is 25.5. The fourth-order valence-corrected chi connectivity index (χ4v) is 6.93. The number of nitrogens with zero attached hydrogens (tertiary/aromatic N) is 2. The molecule has 0 amide bonds. The van der Waals surface area contributed by atoms with E-state index in [2.05, 4.69) is 71.5 Å². The standard InChI is InChI=1S/C33H50N4O5/c1-22(2)30-26(32(36-35-30)42-29-19-27(39)31(40)28(20-38)41-29)18-25-9-8-24(17-23(25)3)7-4-5-15-37-16-6-10-33(21-37)11-13-34-14-12-33/h4,7-9,17,22,27-29,31,34,38-40H,5-6,10-16,18-21H2,1-3H3,(H,35,36)/b7-4+/t27?,28?,29?,31-/m0/s1. The average Bonchev–Trinajstić information content (AvgIpc) is 3.37. The fraction of sp³-hybridized carbons (Fsp3) is 0.667. The molecule has 4 atom stereocenters. The van der Waals surface area contributed by atoms with E-state index in [1.54, 1.807) is 0 Å². The number of hydrogen-bond donors (Lipinski definition) is 5. The Balaban J connectivity index is 1.20. The average molecular weight is 583 g/mol. The summed E-state index contributed by atoms with van der Waals surface area (Å²) >= 11 is 0. The summed E-state index contributed by atoms with van der Waals surface area (Å²) in [5.41, 5.74) is 6.09. The van der Waals surface area contributed by atoms with Gasteiger partial charge in [0.1, 0.15) is 12.2 Å². The Morgan fingerprint density at radius 3 is 2.76 bits per heavy atom. The van der Waals surface area contributed by atoms with Crippen molar-refractivity contribution in [2.75, 3.05) is 39.3 Å². The van der Waals surface area contributed by atoms with Crippen LogP contribution in [0.1, 0.15) is 86.2 Å². The summed E-state index contributed by atoms with van der Waals surface area (Å²) in [6.07, 6.45) is 7.81. The highest BCUT2D eigenvalue weighted by atomic mass is 16.7. The van der Waals surface area contributed by atoms with E-state index in [0.29, 0.717) is 17.7 Å². The van der Waals surface area contributed by atoms with Crippen LogP contribution >= 0.6 is 0 Å². The predicted octanol–water partition coefficient (Wildman–Crippen LogP) is 3.51. The van der Waals surface area contributed by atoms with E-state index in [1.807, 2.05) is 0 Å². The van der Waals surface area contributed by atoms with Gasteiger partial charge in [0.05, 0.1) is 12.7 Å². The van der Waals surface area contributed by atoms with Crippen molar-refractivity contribution in [3.05, 3.63) is 52.2 Å². The number of benzene rings is 1. The Morgan fingerprint density at radius 1 is 1.21 bits per heavy atom. The number of ether oxygens (including phenoxy) is 2. The molecule has 42 heavy (non-hydrogen) atoms. The van der Waals surface area contributed by atoms with Crippen molar-refractivity contribution >= 4 is 6.08 Å². The van der Waals surface area contributed by atoms with E-state index in [1.165, 1.54) is 68.6 Å². The summed E-state index contributed by atoms with van der Waals surface area (Å²) in [6, 6.07) is 6.59. The lowest BCUT2D eigenvalue weighted by molar-refractivity contribution is -0.230. The zero-order chi connectivity index (χ0) is 29.7. The Kier molecular flexibility index (Phi) is 10.4. The summed E-state index contributed by atoms with van der Waals surface area (Å²) in [5, 5.41) is 40.9. The number of hydrogen-bond acceptors (Lipinski definition) is 8. The maximum Gasteiger partial charge on any atom is 0.238 e. The lowest BCUT2D eigenvalue weighted by Crippen LogP contribution is -2.51. The van der Waals surface area contributed by atoms with Gasteiger partial charge in [-0.25, -0.2) is 0 Å². The maximum atomic E-state index is 10.2. The molecule has 0 saturated carbocycles. The van der Waals surface area contributed by atoms with Crippen molar-refractivity contribution in [2.45, 2.75) is 96.2 Å². The molecule has 3 fully saturated rings. The Hall–Kier alpha value is -2.27. The summed E-state index contributed by atoms with van der Waals surface area (Å²) in [5.74, 6) is 0.637. The van der Waals surface area contributed by atoms with E-state index in [-0.39, 0.29) is 12.3 Å². The number of H-pyrrole nitrogens is 1. The first-order valence-corrected chi connectivity index (χ1v) is 15.8. The van der Waals surface area contributed by atoms with Gasteiger partial charge in [0.25, 0.3) is 0 Å². The highest BCUT2D eigenvalue weighted by Gasteiger charge is 2.38. The van der Waals surface area contributed by atoms with Crippen LogP contribution in [0.3, 0.4) is 0 Å². The van der Waals surface area contributed by atoms with E-state index in [0.717, 1.165) is 24.2 Å². The molecule has 3 aliphatic heterocycles. The quantitative estimate of drug-likeness (QED) is 0.289. The van der Waals surface area contributed by atoms with Crippen LogP contribution in [0.15, 0.2) is 24.3 Å². The van der Waals surface area contributed by atoms with Crippen LogP contribution in [0.5, 0.6) is 5.88 Å². The number of nitrogens with one attached hydrogen (secondary N) is 2. The molecule has 0 radical (unpaired) electrons. The molecule has 3 unspecified atom stereocenters. The van der Waals surface area contributed by atoms with Crippen LogP contribution in [-0.2, 0) is 11.2 Å². The Bertz CT molecular complexity index is 1190. The minimum Gasteiger partial charge on any atom is -0.446 e. The van der Waals surface area contributed by atoms with Crippen molar-refractivity contribution in [1.29, 1.82) is 0 Å². The number of aliphatic hydroxyl groups is 3. The van der Waals surface area contributed by atoms with E-state index in [4.69, 9.17) is 9.47 Å². The lowest BCUT2D eigenvalue weighted by atomic mass is 9.73. The Labute approximate surface area is 250 Å². The number of aryl methyl sites for hydroxylation is 1.